The number of rotatable bonds is 4. The Morgan fingerprint density at radius 3 is 2.69 bits per heavy atom. The van der Waals surface area contributed by atoms with Gasteiger partial charge in [0.25, 0.3) is 0 Å². The molecule has 0 aromatic heterocycles. The van der Waals surface area contributed by atoms with Crippen LogP contribution in [0.25, 0.3) is 0 Å². The SMILES string of the molecule is C[C@H](NC(=O)CC1=CC2C(CCNC2C(F)(F)F)NC1=O)c1ccc(F)cc1F. The van der Waals surface area contributed by atoms with Crippen molar-refractivity contribution in [3.05, 3.63) is 47.0 Å². The van der Waals surface area contributed by atoms with Gasteiger partial charge in [0.05, 0.1) is 12.5 Å². The predicted molar refractivity (Wildman–Crippen MR) is 93.5 cm³/mol. The van der Waals surface area contributed by atoms with Crippen LogP contribution in [0.3, 0.4) is 0 Å². The molecule has 3 unspecified atom stereocenters. The Bertz CT molecular complexity index is 840. The summed E-state index contributed by atoms with van der Waals surface area (Å²) in [5.74, 6) is -3.87. The smallest absolute Gasteiger partial charge is 0.349 e. The van der Waals surface area contributed by atoms with E-state index in [2.05, 4.69) is 16.0 Å². The van der Waals surface area contributed by atoms with Gasteiger partial charge in [-0.15, -0.1) is 0 Å². The lowest BCUT2D eigenvalue weighted by Crippen LogP contribution is -2.61. The highest BCUT2D eigenvalue weighted by molar-refractivity contribution is 5.99. The standard InChI is InChI=1S/C19H20F5N3O2/c1-9(12-3-2-11(20)8-14(12)21)26-16(28)7-10-6-13-15(27-18(10)29)4-5-25-17(13)19(22,23)24/h2-3,6,8-9,13,15,17,25H,4-5,7H2,1H3,(H,26,28)(H,27,29)/t9-,13?,15?,17?/m0/s1. The Morgan fingerprint density at radius 2 is 2.03 bits per heavy atom. The van der Waals surface area contributed by atoms with E-state index in [9.17, 15) is 31.5 Å². The fraction of sp³-hybridized carbons (Fsp3) is 0.474. The second kappa shape index (κ2) is 8.10. The van der Waals surface area contributed by atoms with E-state index in [0.29, 0.717) is 12.5 Å². The van der Waals surface area contributed by atoms with Crippen LogP contribution in [0.1, 0.15) is 31.4 Å². The Hall–Kier alpha value is -2.49. The highest BCUT2D eigenvalue weighted by Crippen LogP contribution is 2.34. The molecular formula is C19H20F5N3O2. The summed E-state index contributed by atoms with van der Waals surface area (Å²) in [4.78, 5) is 24.5. The first kappa shape index (κ1) is 21.2. The van der Waals surface area contributed by atoms with Crippen molar-refractivity contribution in [2.75, 3.05) is 6.54 Å². The lowest BCUT2D eigenvalue weighted by atomic mass is 9.81. The number of alkyl halides is 3. The van der Waals surface area contributed by atoms with E-state index in [0.717, 1.165) is 6.07 Å². The van der Waals surface area contributed by atoms with Crippen LogP contribution in [-0.4, -0.2) is 36.6 Å². The normalized spacial score (nSPS) is 25.5. The number of hydrogen-bond donors (Lipinski definition) is 3. The fourth-order valence-corrected chi connectivity index (χ4v) is 3.77. The first-order valence-electron chi connectivity index (χ1n) is 9.12. The molecule has 2 amide bonds. The number of nitrogens with one attached hydrogen (secondary N) is 3. The van der Waals surface area contributed by atoms with Crippen LogP contribution in [0.5, 0.6) is 0 Å². The van der Waals surface area contributed by atoms with E-state index >= 15 is 0 Å². The minimum Gasteiger partial charge on any atom is -0.349 e. The predicted octanol–water partition coefficient (Wildman–Crippen LogP) is 2.50. The van der Waals surface area contributed by atoms with E-state index in [-0.39, 0.29) is 17.7 Å². The number of halogens is 5. The van der Waals surface area contributed by atoms with Crippen LogP contribution in [-0.2, 0) is 9.59 Å². The second-order valence-corrected chi connectivity index (χ2v) is 7.24. The van der Waals surface area contributed by atoms with Gasteiger partial charge in [-0.05, 0) is 26.0 Å². The highest BCUT2D eigenvalue weighted by Gasteiger charge is 2.50. The molecule has 158 valence electrons. The van der Waals surface area contributed by atoms with Crippen molar-refractivity contribution in [1.82, 2.24) is 16.0 Å². The molecule has 2 heterocycles. The highest BCUT2D eigenvalue weighted by atomic mass is 19.4. The van der Waals surface area contributed by atoms with Gasteiger partial charge in [0.1, 0.15) is 17.7 Å². The molecule has 0 bridgehead atoms. The molecule has 0 radical (unpaired) electrons. The summed E-state index contributed by atoms with van der Waals surface area (Å²) in [6.07, 6.45) is -3.40. The van der Waals surface area contributed by atoms with Gasteiger partial charge in [0.2, 0.25) is 11.8 Å². The molecule has 0 aliphatic carbocycles. The van der Waals surface area contributed by atoms with Crippen LogP contribution >= 0.6 is 0 Å². The van der Waals surface area contributed by atoms with Crippen molar-refractivity contribution in [3.8, 4) is 0 Å². The maximum Gasteiger partial charge on any atom is 0.404 e. The molecule has 4 atom stereocenters. The summed E-state index contributed by atoms with van der Waals surface area (Å²) in [5, 5.41) is 7.44. The molecule has 3 rings (SSSR count). The summed E-state index contributed by atoms with van der Waals surface area (Å²) in [5.41, 5.74) is -0.0241. The minimum atomic E-state index is -4.50. The van der Waals surface area contributed by atoms with Gasteiger partial charge < -0.3 is 16.0 Å². The van der Waals surface area contributed by atoms with Crippen LogP contribution in [0.2, 0.25) is 0 Å². The first-order valence-corrected chi connectivity index (χ1v) is 9.12. The molecule has 1 fully saturated rings. The van der Waals surface area contributed by atoms with Crippen molar-refractivity contribution in [1.29, 1.82) is 0 Å². The number of hydrogen-bond acceptors (Lipinski definition) is 3. The molecule has 0 saturated carbocycles. The molecule has 10 heteroatoms. The monoisotopic (exact) mass is 417 g/mol. The quantitative estimate of drug-likeness (QED) is 0.660. The number of amides is 2. The third-order valence-corrected chi connectivity index (χ3v) is 5.18. The average Bonchev–Trinajstić information content (AvgIpc) is 2.60. The van der Waals surface area contributed by atoms with E-state index < -0.39 is 60.1 Å². The second-order valence-electron chi connectivity index (χ2n) is 7.24. The van der Waals surface area contributed by atoms with E-state index in [4.69, 9.17) is 0 Å². The molecule has 1 aromatic carbocycles. The number of benzene rings is 1. The first-order chi connectivity index (χ1) is 13.6. The third-order valence-electron chi connectivity index (χ3n) is 5.18. The number of fused-ring (bicyclic) bond motifs is 1. The minimum absolute atomic E-state index is 0.0514. The molecule has 2 aliphatic heterocycles. The number of piperidine rings is 1. The Balaban J connectivity index is 1.71. The van der Waals surface area contributed by atoms with Crippen LogP contribution in [0, 0.1) is 17.6 Å². The molecular weight excluding hydrogens is 397 g/mol. The van der Waals surface area contributed by atoms with Crippen molar-refractivity contribution in [3.63, 3.8) is 0 Å². The van der Waals surface area contributed by atoms with Crippen LogP contribution in [0.15, 0.2) is 29.8 Å². The van der Waals surface area contributed by atoms with E-state index in [1.807, 2.05) is 0 Å². The lowest BCUT2D eigenvalue weighted by Gasteiger charge is -2.41. The van der Waals surface area contributed by atoms with Crippen molar-refractivity contribution < 1.29 is 31.5 Å². The van der Waals surface area contributed by atoms with Crippen LogP contribution in [0.4, 0.5) is 22.0 Å². The van der Waals surface area contributed by atoms with Gasteiger partial charge in [-0.25, -0.2) is 8.78 Å². The van der Waals surface area contributed by atoms with Gasteiger partial charge in [-0.3, -0.25) is 9.59 Å². The molecule has 2 aliphatic rings. The summed E-state index contributed by atoms with van der Waals surface area (Å²) in [6, 6.07) is -0.369. The number of carbonyl (C=O) groups excluding carboxylic acids is 2. The topological polar surface area (TPSA) is 70.2 Å². The van der Waals surface area contributed by atoms with Gasteiger partial charge in [0.15, 0.2) is 0 Å². The molecule has 5 nitrogen and oxygen atoms in total. The fourth-order valence-electron chi connectivity index (χ4n) is 3.77. The largest absolute Gasteiger partial charge is 0.404 e. The summed E-state index contributed by atoms with van der Waals surface area (Å²) >= 11 is 0. The van der Waals surface area contributed by atoms with Gasteiger partial charge in [-0.2, -0.15) is 13.2 Å². The summed E-state index contributed by atoms with van der Waals surface area (Å²) in [7, 11) is 0. The zero-order valence-electron chi connectivity index (χ0n) is 15.4. The summed E-state index contributed by atoms with van der Waals surface area (Å²) < 4.78 is 66.7. The van der Waals surface area contributed by atoms with Gasteiger partial charge in [-0.1, -0.05) is 12.1 Å². The summed E-state index contributed by atoms with van der Waals surface area (Å²) in [6.45, 7) is 1.60. The Morgan fingerprint density at radius 1 is 1.31 bits per heavy atom. The average molecular weight is 417 g/mol. The van der Waals surface area contributed by atoms with Crippen molar-refractivity contribution in [2.45, 2.75) is 44.1 Å². The zero-order valence-corrected chi connectivity index (χ0v) is 15.4. The van der Waals surface area contributed by atoms with Crippen molar-refractivity contribution >= 4 is 11.8 Å². The third kappa shape index (κ3) is 4.75. The number of carbonyl (C=O) groups is 2. The molecule has 0 spiro atoms. The van der Waals surface area contributed by atoms with Crippen LogP contribution < -0.4 is 16.0 Å². The van der Waals surface area contributed by atoms with E-state index in [1.165, 1.54) is 19.1 Å². The molecule has 3 N–H and O–H groups in total. The Kier molecular flexibility index (Phi) is 5.92. The van der Waals surface area contributed by atoms with Crippen molar-refractivity contribution in [2.24, 2.45) is 5.92 Å². The molecule has 29 heavy (non-hydrogen) atoms. The molecule has 1 saturated heterocycles. The zero-order chi connectivity index (χ0) is 21.3. The Labute approximate surface area is 163 Å². The van der Waals surface area contributed by atoms with E-state index in [1.54, 1.807) is 0 Å². The lowest BCUT2D eigenvalue weighted by molar-refractivity contribution is -0.171. The molecule has 1 aromatic rings. The van der Waals surface area contributed by atoms with Gasteiger partial charge in [0, 0.05) is 29.2 Å². The maximum atomic E-state index is 13.8. The maximum absolute atomic E-state index is 13.8. The van der Waals surface area contributed by atoms with Gasteiger partial charge >= 0.3 is 6.18 Å².